The van der Waals surface area contributed by atoms with Crippen molar-refractivity contribution in [3.05, 3.63) is 12.2 Å². The van der Waals surface area contributed by atoms with Gasteiger partial charge in [-0.1, -0.05) is 5.57 Å². The normalized spacial score (nSPS) is 14.6. The van der Waals surface area contributed by atoms with Crippen LogP contribution in [0, 0.1) is 5.92 Å². The summed E-state index contributed by atoms with van der Waals surface area (Å²) >= 11 is 0. The Morgan fingerprint density at radius 2 is 1.95 bits per heavy atom. The van der Waals surface area contributed by atoms with Crippen LogP contribution >= 0.6 is 0 Å². The van der Waals surface area contributed by atoms with Crippen LogP contribution in [-0.4, -0.2) is 31.3 Å². The minimum absolute atomic E-state index is 0.351. The molecular formula is C15H30N2O2. The molecule has 0 spiro atoms. The van der Waals surface area contributed by atoms with E-state index in [0.717, 1.165) is 18.4 Å². The number of rotatable bonds is 7. The summed E-state index contributed by atoms with van der Waals surface area (Å²) in [6.45, 7) is 14.3. The molecule has 2 N–H and O–H groups in total. The number of hydrogen-bond donors (Lipinski definition) is 2. The first-order chi connectivity index (χ1) is 8.64. The third-order valence-electron chi connectivity index (χ3n) is 2.75. The highest BCUT2D eigenvalue weighted by Crippen LogP contribution is 2.15. The minimum Gasteiger partial charge on any atom is -0.444 e. The maximum atomic E-state index is 11.6. The number of nitrogens with one attached hydrogen (secondary N) is 2. The van der Waals surface area contributed by atoms with Crippen LogP contribution in [0.2, 0.25) is 0 Å². The van der Waals surface area contributed by atoms with Gasteiger partial charge in [-0.2, -0.15) is 0 Å². The van der Waals surface area contributed by atoms with Crippen LogP contribution in [0.3, 0.4) is 0 Å². The summed E-state index contributed by atoms with van der Waals surface area (Å²) in [7, 11) is 1.95. The van der Waals surface area contributed by atoms with Crippen molar-refractivity contribution in [2.24, 2.45) is 5.92 Å². The maximum absolute atomic E-state index is 11.6. The molecule has 0 radical (unpaired) electrons. The van der Waals surface area contributed by atoms with E-state index in [0.29, 0.717) is 18.5 Å². The van der Waals surface area contributed by atoms with Gasteiger partial charge in [0.25, 0.3) is 0 Å². The van der Waals surface area contributed by atoms with Gasteiger partial charge in [0.05, 0.1) is 0 Å². The molecule has 1 amide bonds. The molecule has 0 aliphatic carbocycles. The fraction of sp³-hybridized carbons (Fsp3) is 0.800. The lowest BCUT2D eigenvalue weighted by molar-refractivity contribution is 0.0517. The van der Waals surface area contributed by atoms with Gasteiger partial charge in [-0.3, -0.25) is 0 Å². The van der Waals surface area contributed by atoms with Crippen LogP contribution in [0.5, 0.6) is 0 Å². The van der Waals surface area contributed by atoms with E-state index in [1.54, 1.807) is 0 Å². The van der Waals surface area contributed by atoms with Gasteiger partial charge in [0, 0.05) is 12.6 Å². The Morgan fingerprint density at radius 1 is 1.37 bits per heavy atom. The summed E-state index contributed by atoms with van der Waals surface area (Å²) in [4.78, 5) is 11.6. The molecule has 0 saturated carbocycles. The number of alkyl carbamates (subject to hydrolysis) is 1. The Kier molecular flexibility index (Phi) is 7.76. The molecule has 2 unspecified atom stereocenters. The molecule has 0 aliphatic heterocycles. The van der Waals surface area contributed by atoms with Gasteiger partial charge >= 0.3 is 6.09 Å². The molecule has 0 aromatic rings. The molecule has 0 aromatic heterocycles. The van der Waals surface area contributed by atoms with Gasteiger partial charge in [-0.25, -0.2) is 4.79 Å². The number of carbonyl (C=O) groups is 1. The molecule has 2 atom stereocenters. The number of ether oxygens (including phenoxy) is 1. The highest BCUT2D eigenvalue weighted by molar-refractivity contribution is 5.67. The van der Waals surface area contributed by atoms with Crippen molar-refractivity contribution in [3.63, 3.8) is 0 Å². The van der Waals surface area contributed by atoms with E-state index < -0.39 is 5.60 Å². The van der Waals surface area contributed by atoms with Crippen molar-refractivity contribution in [2.45, 2.75) is 59.1 Å². The van der Waals surface area contributed by atoms with Crippen molar-refractivity contribution >= 4 is 6.09 Å². The third kappa shape index (κ3) is 10.6. The largest absolute Gasteiger partial charge is 0.444 e. The van der Waals surface area contributed by atoms with E-state index in [2.05, 4.69) is 24.1 Å². The molecule has 19 heavy (non-hydrogen) atoms. The molecule has 112 valence electrons. The zero-order valence-electron chi connectivity index (χ0n) is 13.3. The number of allylic oxidation sites excluding steroid dienone is 1. The van der Waals surface area contributed by atoms with E-state index in [4.69, 9.17) is 4.74 Å². The fourth-order valence-electron chi connectivity index (χ4n) is 1.89. The number of amides is 1. The second-order valence-corrected chi connectivity index (χ2v) is 6.34. The van der Waals surface area contributed by atoms with Crippen molar-refractivity contribution in [1.29, 1.82) is 0 Å². The average molecular weight is 270 g/mol. The topological polar surface area (TPSA) is 50.4 Å². The van der Waals surface area contributed by atoms with Crippen LogP contribution in [-0.2, 0) is 4.74 Å². The first-order valence-corrected chi connectivity index (χ1v) is 6.92. The van der Waals surface area contributed by atoms with Crippen molar-refractivity contribution in [1.82, 2.24) is 10.6 Å². The minimum atomic E-state index is -0.452. The SMILES string of the molecule is C=C(C)CC(CNC(=O)OC(C)(C)C)CC(C)NC. The zero-order valence-corrected chi connectivity index (χ0v) is 13.3. The Bertz CT molecular complexity index is 295. The third-order valence-corrected chi connectivity index (χ3v) is 2.75. The highest BCUT2D eigenvalue weighted by Gasteiger charge is 2.18. The maximum Gasteiger partial charge on any atom is 0.407 e. The fourth-order valence-corrected chi connectivity index (χ4v) is 1.89. The zero-order chi connectivity index (χ0) is 15.1. The van der Waals surface area contributed by atoms with E-state index in [9.17, 15) is 4.79 Å². The Labute approximate surface area is 118 Å². The second kappa shape index (κ2) is 8.20. The molecule has 0 fully saturated rings. The Morgan fingerprint density at radius 3 is 2.37 bits per heavy atom. The lowest BCUT2D eigenvalue weighted by atomic mass is 9.94. The highest BCUT2D eigenvalue weighted by atomic mass is 16.6. The van der Waals surface area contributed by atoms with Crippen LogP contribution in [0.15, 0.2) is 12.2 Å². The first-order valence-electron chi connectivity index (χ1n) is 6.92. The average Bonchev–Trinajstić information content (AvgIpc) is 2.22. The summed E-state index contributed by atoms with van der Waals surface area (Å²) in [6.07, 6.45) is 1.57. The second-order valence-electron chi connectivity index (χ2n) is 6.34. The summed E-state index contributed by atoms with van der Waals surface area (Å²) in [5.74, 6) is 0.382. The summed E-state index contributed by atoms with van der Waals surface area (Å²) in [5.41, 5.74) is 0.686. The quantitative estimate of drug-likeness (QED) is 0.699. The molecule has 0 rings (SSSR count). The van der Waals surface area contributed by atoms with Crippen LogP contribution in [0.1, 0.15) is 47.5 Å². The molecular weight excluding hydrogens is 240 g/mol. The van der Waals surface area contributed by atoms with Gasteiger partial charge in [0.2, 0.25) is 0 Å². The lowest BCUT2D eigenvalue weighted by Gasteiger charge is -2.23. The van der Waals surface area contributed by atoms with Gasteiger partial charge in [0.15, 0.2) is 0 Å². The molecule has 4 heteroatoms. The predicted octanol–water partition coefficient (Wildman–Crippen LogP) is 3.09. The van der Waals surface area contributed by atoms with Gasteiger partial charge in [-0.05, 0) is 60.4 Å². The standard InChI is InChI=1S/C15H30N2O2/c1-11(2)8-13(9-12(3)16-7)10-17-14(18)19-15(4,5)6/h12-13,16H,1,8-10H2,2-7H3,(H,17,18). The molecule has 0 saturated heterocycles. The number of carbonyl (C=O) groups excluding carboxylic acids is 1. The monoisotopic (exact) mass is 270 g/mol. The summed E-state index contributed by atoms with van der Waals surface area (Å²) in [5, 5.41) is 6.06. The molecule has 0 bridgehead atoms. The van der Waals surface area contributed by atoms with Crippen LogP contribution in [0.25, 0.3) is 0 Å². The van der Waals surface area contributed by atoms with Gasteiger partial charge in [0.1, 0.15) is 5.60 Å². The van der Waals surface area contributed by atoms with E-state index in [1.165, 1.54) is 0 Å². The number of hydrogen-bond acceptors (Lipinski definition) is 3. The smallest absolute Gasteiger partial charge is 0.407 e. The van der Waals surface area contributed by atoms with Crippen molar-refractivity contribution < 1.29 is 9.53 Å². The van der Waals surface area contributed by atoms with Crippen LogP contribution in [0.4, 0.5) is 4.79 Å². The van der Waals surface area contributed by atoms with E-state index >= 15 is 0 Å². The summed E-state index contributed by atoms with van der Waals surface area (Å²) < 4.78 is 5.24. The molecule has 0 aliphatic rings. The van der Waals surface area contributed by atoms with Gasteiger partial charge < -0.3 is 15.4 Å². The van der Waals surface area contributed by atoms with E-state index in [1.807, 2.05) is 34.7 Å². The van der Waals surface area contributed by atoms with E-state index in [-0.39, 0.29) is 6.09 Å². The molecule has 0 heterocycles. The van der Waals surface area contributed by atoms with Crippen LogP contribution < -0.4 is 10.6 Å². The molecule has 0 aromatic carbocycles. The van der Waals surface area contributed by atoms with Gasteiger partial charge in [-0.15, -0.1) is 6.58 Å². The van der Waals surface area contributed by atoms with Crippen molar-refractivity contribution in [2.75, 3.05) is 13.6 Å². The lowest BCUT2D eigenvalue weighted by Crippen LogP contribution is -2.37. The Hall–Kier alpha value is -1.03. The summed E-state index contributed by atoms with van der Waals surface area (Å²) in [6, 6.07) is 0.421. The van der Waals surface area contributed by atoms with Crippen molar-refractivity contribution in [3.8, 4) is 0 Å². The first kappa shape index (κ1) is 18.0. The Balaban J connectivity index is 4.25. The molecule has 4 nitrogen and oxygen atoms in total. The predicted molar refractivity (Wildman–Crippen MR) is 80.3 cm³/mol.